The summed E-state index contributed by atoms with van der Waals surface area (Å²) in [6.07, 6.45) is -0.281. The zero-order valence-corrected chi connectivity index (χ0v) is 18.9. The van der Waals surface area contributed by atoms with Crippen molar-refractivity contribution in [3.05, 3.63) is 54.1 Å². The number of amides is 1. The van der Waals surface area contributed by atoms with Gasteiger partial charge >= 0.3 is 6.09 Å². The van der Waals surface area contributed by atoms with Crippen LogP contribution < -0.4 is 4.90 Å². The fraction of sp³-hybridized carbons (Fsp3) is 0.360. The highest BCUT2D eigenvalue weighted by atomic mass is 16.6. The van der Waals surface area contributed by atoms with Crippen molar-refractivity contribution in [3.8, 4) is 17.3 Å². The molecule has 4 rings (SSSR count). The Bertz CT molecular complexity index is 1180. The number of ether oxygens (including phenoxy) is 1. The molecular weight excluding hydrogens is 402 g/mol. The largest absolute Gasteiger partial charge is 0.444 e. The van der Waals surface area contributed by atoms with Gasteiger partial charge in [-0.15, -0.1) is 10.2 Å². The molecule has 7 nitrogen and oxygen atoms in total. The number of hydrogen-bond donors (Lipinski definition) is 0. The molecule has 1 amide bonds. The van der Waals surface area contributed by atoms with Crippen LogP contribution in [0.4, 0.5) is 10.6 Å². The molecule has 0 radical (unpaired) electrons. The molecule has 7 heteroatoms. The second-order valence-electron chi connectivity index (χ2n) is 9.08. The van der Waals surface area contributed by atoms with Gasteiger partial charge in [0.15, 0.2) is 5.82 Å². The van der Waals surface area contributed by atoms with E-state index in [1.54, 1.807) is 17.0 Å². The first-order chi connectivity index (χ1) is 15.3. The summed E-state index contributed by atoms with van der Waals surface area (Å²) in [6.45, 7) is 9.52. The first-order valence-corrected chi connectivity index (χ1v) is 10.8. The van der Waals surface area contributed by atoms with E-state index in [-0.39, 0.29) is 12.1 Å². The van der Waals surface area contributed by atoms with Crippen LogP contribution in [0.3, 0.4) is 0 Å². The summed E-state index contributed by atoms with van der Waals surface area (Å²) in [5.41, 5.74) is 1.80. The average molecular weight is 430 g/mol. The van der Waals surface area contributed by atoms with E-state index >= 15 is 0 Å². The summed E-state index contributed by atoms with van der Waals surface area (Å²) < 4.78 is 5.56. The van der Waals surface area contributed by atoms with Crippen molar-refractivity contribution in [2.24, 2.45) is 0 Å². The highest BCUT2D eigenvalue weighted by molar-refractivity contribution is 6.00. The number of piperazine rings is 1. The van der Waals surface area contributed by atoms with Gasteiger partial charge in [-0.3, -0.25) is 0 Å². The maximum Gasteiger partial charge on any atom is 0.410 e. The minimum Gasteiger partial charge on any atom is -0.444 e. The summed E-state index contributed by atoms with van der Waals surface area (Å²) in [5, 5.41) is 20.2. The highest BCUT2D eigenvalue weighted by Gasteiger charge is 2.32. The van der Waals surface area contributed by atoms with Crippen LogP contribution in [0.1, 0.15) is 33.3 Å². The van der Waals surface area contributed by atoms with Gasteiger partial charge in [0, 0.05) is 42.0 Å². The standard InChI is InChI=1S/C25H27N5O2/c1-17-16-29(13-14-30(17)24(31)32-25(2,3)4)23-21-8-6-5-7-20(21)22(27-28-23)19-11-9-18(15-26)10-12-19/h5-12,17H,13-14,16H2,1-4H3/t17-/m0/s1. The van der Waals surface area contributed by atoms with Gasteiger partial charge in [0.2, 0.25) is 0 Å². The SMILES string of the molecule is C[C@H]1CN(c2nnc(-c3ccc(C#N)cc3)c3ccccc23)CCN1C(=O)OC(C)(C)C. The number of nitrogens with zero attached hydrogens (tertiary/aromatic N) is 5. The molecule has 0 bridgehead atoms. The van der Waals surface area contributed by atoms with E-state index in [0.29, 0.717) is 25.2 Å². The molecule has 0 unspecified atom stereocenters. The molecule has 0 N–H and O–H groups in total. The van der Waals surface area contributed by atoms with Gasteiger partial charge < -0.3 is 14.5 Å². The molecule has 1 aliphatic rings. The van der Waals surface area contributed by atoms with Crippen molar-refractivity contribution >= 4 is 22.7 Å². The Morgan fingerprint density at radius 3 is 2.38 bits per heavy atom. The first kappa shape index (κ1) is 21.6. The fourth-order valence-corrected chi connectivity index (χ4v) is 3.98. The third-order valence-corrected chi connectivity index (χ3v) is 5.51. The fourth-order valence-electron chi connectivity index (χ4n) is 3.98. The molecule has 1 aliphatic heterocycles. The minimum atomic E-state index is -0.517. The van der Waals surface area contributed by atoms with Crippen LogP contribution >= 0.6 is 0 Å². The van der Waals surface area contributed by atoms with E-state index in [2.05, 4.69) is 27.2 Å². The Kier molecular flexibility index (Phi) is 5.70. The van der Waals surface area contributed by atoms with Gasteiger partial charge in [-0.05, 0) is 39.8 Å². The van der Waals surface area contributed by atoms with Crippen LogP contribution in [-0.2, 0) is 4.74 Å². The molecular formula is C25H27N5O2. The average Bonchev–Trinajstić information content (AvgIpc) is 2.77. The third kappa shape index (κ3) is 4.35. The lowest BCUT2D eigenvalue weighted by Crippen LogP contribution is -2.55. The number of carbonyl (C=O) groups is 1. The molecule has 1 saturated heterocycles. The van der Waals surface area contributed by atoms with Crippen LogP contribution in [0.2, 0.25) is 0 Å². The van der Waals surface area contributed by atoms with Crippen LogP contribution in [-0.4, -0.2) is 52.5 Å². The van der Waals surface area contributed by atoms with Gasteiger partial charge in [-0.1, -0.05) is 36.4 Å². The van der Waals surface area contributed by atoms with Crippen molar-refractivity contribution in [1.29, 1.82) is 5.26 Å². The van der Waals surface area contributed by atoms with E-state index in [1.807, 2.05) is 58.0 Å². The molecule has 164 valence electrons. The van der Waals surface area contributed by atoms with Crippen LogP contribution in [0.5, 0.6) is 0 Å². The lowest BCUT2D eigenvalue weighted by molar-refractivity contribution is 0.0158. The Hall–Kier alpha value is -3.66. The van der Waals surface area contributed by atoms with Crippen molar-refractivity contribution in [3.63, 3.8) is 0 Å². The predicted octanol–water partition coefficient (Wildman–Crippen LogP) is 4.61. The van der Waals surface area contributed by atoms with Crippen molar-refractivity contribution in [1.82, 2.24) is 15.1 Å². The van der Waals surface area contributed by atoms with E-state index in [1.165, 1.54) is 0 Å². The summed E-state index contributed by atoms with van der Waals surface area (Å²) in [7, 11) is 0. The molecule has 3 aromatic rings. The van der Waals surface area contributed by atoms with Gasteiger partial charge in [-0.2, -0.15) is 5.26 Å². The van der Waals surface area contributed by atoms with Crippen molar-refractivity contribution in [2.75, 3.05) is 24.5 Å². The highest BCUT2D eigenvalue weighted by Crippen LogP contribution is 2.32. The summed E-state index contributed by atoms with van der Waals surface area (Å²) in [5.74, 6) is 0.814. The summed E-state index contributed by atoms with van der Waals surface area (Å²) in [4.78, 5) is 16.5. The Morgan fingerprint density at radius 2 is 1.75 bits per heavy atom. The smallest absolute Gasteiger partial charge is 0.410 e. The molecule has 1 atom stereocenters. The molecule has 1 fully saturated rings. The Balaban J connectivity index is 1.62. The third-order valence-electron chi connectivity index (χ3n) is 5.51. The van der Waals surface area contributed by atoms with Crippen LogP contribution in [0, 0.1) is 11.3 Å². The van der Waals surface area contributed by atoms with E-state index < -0.39 is 5.60 Å². The normalized spacial score (nSPS) is 16.7. The number of anilines is 1. The number of benzene rings is 2. The molecule has 0 spiro atoms. The zero-order valence-electron chi connectivity index (χ0n) is 18.9. The zero-order chi connectivity index (χ0) is 22.9. The molecule has 0 aliphatic carbocycles. The number of nitriles is 1. The second-order valence-corrected chi connectivity index (χ2v) is 9.08. The monoisotopic (exact) mass is 429 g/mol. The van der Waals surface area contributed by atoms with Crippen molar-refractivity contribution in [2.45, 2.75) is 39.3 Å². The van der Waals surface area contributed by atoms with Gasteiger partial charge in [-0.25, -0.2) is 4.79 Å². The molecule has 2 heterocycles. The summed E-state index contributed by atoms with van der Waals surface area (Å²) in [6, 6.07) is 17.6. The van der Waals surface area contributed by atoms with Gasteiger partial charge in [0.05, 0.1) is 11.6 Å². The Labute approximate surface area is 188 Å². The van der Waals surface area contributed by atoms with E-state index in [0.717, 1.165) is 27.8 Å². The number of aromatic nitrogens is 2. The van der Waals surface area contributed by atoms with Crippen LogP contribution in [0.15, 0.2) is 48.5 Å². The quantitative estimate of drug-likeness (QED) is 0.591. The van der Waals surface area contributed by atoms with Crippen LogP contribution in [0.25, 0.3) is 22.0 Å². The number of rotatable bonds is 2. The molecule has 2 aromatic carbocycles. The molecule has 1 aromatic heterocycles. The maximum atomic E-state index is 12.6. The second kappa shape index (κ2) is 8.46. The minimum absolute atomic E-state index is 0.0163. The van der Waals surface area contributed by atoms with E-state index in [9.17, 15) is 4.79 Å². The van der Waals surface area contributed by atoms with Crippen molar-refractivity contribution < 1.29 is 9.53 Å². The lowest BCUT2D eigenvalue weighted by atomic mass is 10.0. The number of carbonyl (C=O) groups excluding carboxylic acids is 1. The topological polar surface area (TPSA) is 82.4 Å². The first-order valence-electron chi connectivity index (χ1n) is 10.8. The maximum absolute atomic E-state index is 12.6. The number of hydrogen-bond acceptors (Lipinski definition) is 6. The van der Waals surface area contributed by atoms with E-state index in [4.69, 9.17) is 10.00 Å². The summed E-state index contributed by atoms with van der Waals surface area (Å²) >= 11 is 0. The lowest BCUT2D eigenvalue weighted by Gasteiger charge is -2.40. The Morgan fingerprint density at radius 1 is 1.06 bits per heavy atom. The predicted molar refractivity (Wildman–Crippen MR) is 124 cm³/mol. The van der Waals surface area contributed by atoms with Gasteiger partial charge in [0.1, 0.15) is 11.3 Å². The molecule has 32 heavy (non-hydrogen) atoms. The number of fused-ring (bicyclic) bond motifs is 1. The molecule has 0 saturated carbocycles. The van der Waals surface area contributed by atoms with Gasteiger partial charge in [0.25, 0.3) is 0 Å².